The van der Waals surface area contributed by atoms with E-state index in [1.807, 2.05) is 60.0 Å². The molecule has 0 aliphatic carbocycles. The number of benzene rings is 2. The highest BCUT2D eigenvalue weighted by molar-refractivity contribution is 6.04. The van der Waals surface area contributed by atoms with Gasteiger partial charge in [0.1, 0.15) is 23.2 Å². The average Bonchev–Trinajstić information content (AvgIpc) is 3.24. The molecule has 2 aromatic heterocycles. The van der Waals surface area contributed by atoms with Gasteiger partial charge >= 0.3 is 0 Å². The lowest BCUT2D eigenvalue weighted by Gasteiger charge is -2.24. The summed E-state index contributed by atoms with van der Waals surface area (Å²) in [7, 11) is 0. The maximum absolute atomic E-state index is 13.7. The molecule has 0 atom stereocenters. The van der Waals surface area contributed by atoms with E-state index in [0.29, 0.717) is 17.9 Å². The maximum atomic E-state index is 13.7. The van der Waals surface area contributed by atoms with Crippen LogP contribution in [0.25, 0.3) is 0 Å². The predicted octanol–water partition coefficient (Wildman–Crippen LogP) is 6.31. The lowest BCUT2D eigenvalue weighted by Crippen LogP contribution is -2.31. The molecule has 0 fully saturated rings. The van der Waals surface area contributed by atoms with Crippen molar-refractivity contribution in [3.63, 3.8) is 0 Å². The van der Waals surface area contributed by atoms with Crippen molar-refractivity contribution >= 4 is 42.2 Å². The van der Waals surface area contributed by atoms with Crippen LogP contribution in [-0.2, 0) is 13.1 Å². The molecule has 4 aromatic rings. The Balaban J connectivity index is 0.00000241. The van der Waals surface area contributed by atoms with E-state index < -0.39 is 0 Å². The SMILES string of the molecule is CCN(CC)c1cccc(CN(C(=O)c2cn(Cc3ccccc3)c(C)n2)c2ccc(F)cc2)n1.Cl.Cl. The predicted molar refractivity (Wildman–Crippen MR) is 152 cm³/mol. The fourth-order valence-corrected chi connectivity index (χ4v) is 4.03. The van der Waals surface area contributed by atoms with E-state index >= 15 is 0 Å². The van der Waals surface area contributed by atoms with Crippen LogP contribution < -0.4 is 9.80 Å². The lowest BCUT2D eigenvalue weighted by atomic mass is 10.2. The number of hydrogen-bond acceptors (Lipinski definition) is 4. The van der Waals surface area contributed by atoms with Crippen LogP contribution >= 0.6 is 24.8 Å². The Labute approximate surface area is 230 Å². The van der Waals surface area contributed by atoms with Gasteiger partial charge in [0.2, 0.25) is 0 Å². The van der Waals surface area contributed by atoms with Gasteiger partial charge in [0.05, 0.1) is 12.2 Å². The molecule has 2 heterocycles. The smallest absolute Gasteiger partial charge is 0.278 e. The van der Waals surface area contributed by atoms with Gasteiger partial charge in [0, 0.05) is 31.5 Å². The first-order chi connectivity index (χ1) is 17.0. The van der Waals surface area contributed by atoms with E-state index in [1.165, 1.54) is 12.1 Å². The molecule has 9 heteroatoms. The van der Waals surface area contributed by atoms with Crippen molar-refractivity contribution in [3.05, 3.63) is 108 Å². The molecule has 0 bridgehead atoms. The lowest BCUT2D eigenvalue weighted by molar-refractivity contribution is 0.0980. The summed E-state index contributed by atoms with van der Waals surface area (Å²) in [5, 5.41) is 0. The molecule has 2 aromatic carbocycles. The molecule has 0 aliphatic heterocycles. The van der Waals surface area contributed by atoms with Crippen molar-refractivity contribution in [2.75, 3.05) is 22.9 Å². The summed E-state index contributed by atoms with van der Waals surface area (Å²) in [6.45, 7) is 8.59. The van der Waals surface area contributed by atoms with Crippen molar-refractivity contribution < 1.29 is 9.18 Å². The third kappa shape index (κ3) is 7.31. The number of aromatic nitrogens is 3. The summed E-state index contributed by atoms with van der Waals surface area (Å²) in [4.78, 5) is 26.8. The van der Waals surface area contributed by atoms with Gasteiger partial charge in [0.15, 0.2) is 0 Å². The van der Waals surface area contributed by atoms with E-state index in [-0.39, 0.29) is 43.1 Å². The highest BCUT2D eigenvalue weighted by Gasteiger charge is 2.22. The van der Waals surface area contributed by atoms with Gasteiger partial charge < -0.3 is 14.4 Å². The van der Waals surface area contributed by atoms with E-state index in [9.17, 15) is 9.18 Å². The molecule has 0 saturated carbocycles. The Kier molecular flexibility index (Phi) is 11.1. The number of imidazole rings is 1. The summed E-state index contributed by atoms with van der Waals surface area (Å²) >= 11 is 0. The second-order valence-electron chi connectivity index (χ2n) is 8.31. The first-order valence-electron chi connectivity index (χ1n) is 11.8. The third-order valence-electron chi connectivity index (χ3n) is 5.97. The minimum absolute atomic E-state index is 0. The van der Waals surface area contributed by atoms with Crippen LogP contribution in [0.2, 0.25) is 0 Å². The van der Waals surface area contributed by atoms with Crippen LogP contribution in [0, 0.1) is 12.7 Å². The number of aryl methyl sites for hydroxylation is 1. The number of carbonyl (C=O) groups is 1. The number of carbonyl (C=O) groups excluding carboxylic acids is 1. The zero-order valence-corrected chi connectivity index (χ0v) is 22.8. The summed E-state index contributed by atoms with van der Waals surface area (Å²) < 4.78 is 15.6. The number of pyridine rings is 1. The Morgan fingerprint density at radius 3 is 2.22 bits per heavy atom. The molecule has 0 spiro atoms. The largest absolute Gasteiger partial charge is 0.357 e. The second-order valence-corrected chi connectivity index (χ2v) is 8.31. The highest BCUT2D eigenvalue weighted by Crippen LogP contribution is 2.22. The van der Waals surface area contributed by atoms with Crippen molar-refractivity contribution in [1.82, 2.24) is 14.5 Å². The molecule has 0 aliphatic rings. The van der Waals surface area contributed by atoms with Crippen molar-refractivity contribution in [2.24, 2.45) is 0 Å². The van der Waals surface area contributed by atoms with Gasteiger partial charge in [-0.15, -0.1) is 24.8 Å². The third-order valence-corrected chi connectivity index (χ3v) is 5.97. The minimum Gasteiger partial charge on any atom is -0.357 e. The van der Waals surface area contributed by atoms with E-state index in [2.05, 4.69) is 23.7 Å². The van der Waals surface area contributed by atoms with Gasteiger partial charge in [-0.05, 0) is 62.7 Å². The normalized spacial score (nSPS) is 10.3. The number of amides is 1. The van der Waals surface area contributed by atoms with Gasteiger partial charge in [-0.2, -0.15) is 0 Å². The summed E-state index contributed by atoms with van der Waals surface area (Å²) in [5.41, 5.74) is 2.79. The molecule has 196 valence electrons. The van der Waals surface area contributed by atoms with Crippen LogP contribution in [0.1, 0.15) is 41.4 Å². The first-order valence-corrected chi connectivity index (χ1v) is 11.8. The summed E-state index contributed by atoms with van der Waals surface area (Å²) in [6.07, 6.45) is 1.78. The maximum Gasteiger partial charge on any atom is 0.278 e. The Morgan fingerprint density at radius 1 is 0.892 bits per heavy atom. The molecular weight excluding hydrogens is 512 g/mol. The van der Waals surface area contributed by atoms with E-state index in [4.69, 9.17) is 4.98 Å². The number of nitrogens with zero attached hydrogens (tertiary/aromatic N) is 5. The van der Waals surface area contributed by atoms with Crippen molar-refractivity contribution in [2.45, 2.75) is 33.9 Å². The van der Waals surface area contributed by atoms with E-state index in [1.54, 1.807) is 23.2 Å². The number of halogens is 3. The molecule has 37 heavy (non-hydrogen) atoms. The molecule has 1 amide bonds. The Hall–Kier alpha value is -3.42. The fraction of sp³-hybridized carbons (Fsp3) is 0.250. The molecule has 6 nitrogen and oxygen atoms in total. The molecule has 0 unspecified atom stereocenters. The van der Waals surface area contributed by atoms with Gasteiger partial charge in [0.25, 0.3) is 5.91 Å². The second kappa shape index (κ2) is 13.8. The van der Waals surface area contributed by atoms with Crippen LogP contribution in [0.5, 0.6) is 0 Å². The monoisotopic (exact) mass is 543 g/mol. The zero-order valence-electron chi connectivity index (χ0n) is 21.2. The average molecular weight is 545 g/mol. The fourth-order valence-electron chi connectivity index (χ4n) is 4.03. The van der Waals surface area contributed by atoms with Crippen molar-refractivity contribution in [1.29, 1.82) is 0 Å². The molecule has 0 saturated heterocycles. The van der Waals surface area contributed by atoms with Crippen LogP contribution in [0.15, 0.2) is 79.0 Å². The zero-order chi connectivity index (χ0) is 24.8. The molecule has 0 radical (unpaired) electrons. The molecular formula is C28H32Cl2FN5O. The quantitative estimate of drug-likeness (QED) is 0.248. The van der Waals surface area contributed by atoms with Crippen LogP contribution in [-0.4, -0.2) is 33.5 Å². The summed E-state index contributed by atoms with van der Waals surface area (Å²) in [5.74, 6) is 0.993. The van der Waals surface area contributed by atoms with Gasteiger partial charge in [-0.3, -0.25) is 4.79 Å². The van der Waals surface area contributed by atoms with Crippen LogP contribution in [0.4, 0.5) is 15.9 Å². The van der Waals surface area contributed by atoms with E-state index in [0.717, 1.165) is 36.0 Å². The molecule has 4 rings (SSSR count). The minimum atomic E-state index is -0.356. The number of rotatable bonds is 9. The van der Waals surface area contributed by atoms with Crippen LogP contribution in [0.3, 0.4) is 0 Å². The number of hydrogen-bond donors (Lipinski definition) is 0. The Bertz CT molecular complexity index is 1280. The molecule has 0 N–H and O–H groups in total. The van der Waals surface area contributed by atoms with Gasteiger partial charge in [-0.25, -0.2) is 14.4 Å². The first kappa shape index (κ1) is 29.8. The Morgan fingerprint density at radius 2 is 1.57 bits per heavy atom. The summed E-state index contributed by atoms with van der Waals surface area (Å²) in [6, 6.07) is 21.8. The number of anilines is 2. The standard InChI is InChI=1S/C28H30FN5O.2ClH/c1-4-32(5-2)27-13-9-12-24(31-27)19-34(25-16-14-23(29)15-17-25)28(35)26-20-33(21(3)30-26)18-22-10-7-6-8-11-22;;/h6-17,20H,4-5,18-19H2,1-3H3;2*1H. The van der Waals surface area contributed by atoms with Crippen molar-refractivity contribution in [3.8, 4) is 0 Å². The van der Waals surface area contributed by atoms with Gasteiger partial charge in [-0.1, -0.05) is 36.4 Å². The highest BCUT2D eigenvalue weighted by atomic mass is 35.5. The topological polar surface area (TPSA) is 54.3 Å².